The summed E-state index contributed by atoms with van der Waals surface area (Å²) in [5.41, 5.74) is 1.98. The topological polar surface area (TPSA) is 41.8 Å². The van der Waals surface area contributed by atoms with Gasteiger partial charge in [-0.15, -0.1) is 0 Å². The number of aliphatic hydroxyl groups is 1. The fraction of sp³-hybridized carbons (Fsp3) is 0.136. The first-order chi connectivity index (χ1) is 12.8. The number of aliphatic imine (C=N–C) groups is 1. The SMILES string of the molecule is OC[C@@H]1N=C(c2ccccc2Sc2ccccc2)O[C@H]1c1ccccc1. The van der Waals surface area contributed by atoms with E-state index in [2.05, 4.69) is 23.2 Å². The molecule has 0 fully saturated rings. The first-order valence-electron chi connectivity index (χ1n) is 8.58. The van der Waals surface area contributed by atoms with E-state index in [-0.39, 0.29) is 18.8 Å². The van der Waals surface area contributed by atoms with Crippen molar-refractivity contribution in [3.05, 3.63) is 96.1 Å². The highest BCUT2D eigenvalue weighted by Gasteiger charge is 2.33. The minimum Gasteiger partial charge on any atom is -0.467 e. The molecule has 0 spiro atoms. The Morgan fingerprint density at radius 2 is 1.50 bits per heavy atom. The summed E-state index contributed by atoms with van der Waals surface area (Å²) in [6.07, 6.45) is -0.258. The fourth-order valence-corrected chi connectivity index (χ4v) is 3.96. The largest absolute Gasteiger partial charge is 0.467 e. The molecule has 2 atom stereocenters. The van der Waals surface area contributed by atoms with Gasteiger partial charge >= 0.3 is 0 Å². The molecule has 1 heterocycles. The highest BCUT2D eigenvalue weighted by molar-refractivity contribution is 7.99. The predicted molar refractivity (Wildman–Crippen MR) is 105 cm³/mol. The smallest absolute Gasteiger partial charge is 0.218 e. The summed E-state index contributed by atoms with van der Waals surface area (Å²) in [6, 6.07) is 28.0. The van der Waals surface area contributed by atoms with E-state index in [1.165, 1.54) is 0 Å². The van der Waals surface area contributed by atoms with E-state index >= 15 is 0 Å². The molecule has 26 heavy (non-hydrogen) atoms. The van der Waals surface area contributed by atoms with Gasteiger partial charge in [0, 0.05) is 9.79 Å². The molecular weight excluding hydrogens is 342 g/mol. The second kappa shape index (κ2) is 7.77. The molecule has 130 valence electrons. The summed E-state index contributed by atoms with van der Waals surface area (Å²) in [4.78, 5) is 6.92. The van der Waals surface area contributed by atoms with Crippen molar-refractivity contribution in [3.8, 4) is 0 Å². The van der Waals surface area contributed by atoms with Gasteiger partial charge < -0.3 is 9.84 Å². The maximum atomic E-state index is 9.77. The number of rotatable bonds is 5. The molecule has 0 aromatic heterocycles. The number of nitrogens with zero attached hydrogens (tertiary/aromatic N) is 1. The minimum atomic E-state index is -0.290. The first-order valence-corrected chi connectivity index (χ1v) is 9.39. The van der Waals surface area contributed by atoms with E-state index in [4.69, 9.17) is 4.74 Å². The Kier molecular flexibility index (Phi) is 5.04. The summed E-state index contributed by atoms with van der Waals surface area (Å²) < 4.78 is 6.19. The predicted octanol–water partition coefficient (Wildman–Crippen LogP) is 4.72. The maximum absolute atomic E-state index is 9.77. The van der Waals surface area contributed by atoms with Gasteiger partial charge in [0.05, 0.1) is 12.2 Å². The fourth-order valence-electron chi connectivity index (χ4n) is 3.00. The normalized spacial score (nSPS) is 19.0. The van der Waals surface area contributed by atoms with Gasteiger partial charge in [-0.05, 0) is 29.8 Å². The third-order valence-electron chi connectivity index (χ3n) is 4.27. The Bertz CT molecular complexity index is 896. The molecule has 3 aromatic rings. The average Bonchev–Trinajstić information content (AvgIpc) is 3.14. The van der Waals surface area contributed by atoms with Gasteiger partial charge in [-0.1, -0.05) is 72.4 Å². The Morgan fingerprint density at radius 3 is 2.23 bits per heavy atom. The number of aliphatic hydroxyl groups excluding tert-OH is 1. The Labute approximate surface area is 157 Å². The van der Waals surface area contributed by atoms with Crippen molar-refractivity contribution in [2.75, 3.05) is 6.61 Å². The zero-order chi connectivity index (χ0) is 17.8. The summed E-state index contributed by atoms with van der Waals surface area (Å²) in [7, 11) is 0. The zero-order valence-electron chi connectivity index (χ0n) is 14.2. The van der Waals surface area contributed by atoms with E-state index < -0.39 is 0 Å². The van der Waals surface area contributed by atoms with Crippen LogP contribution in [-0.2, 0) is 4.74 Å². The van der Waals surface area contributed by atoms with Crippen molar-refractivity contribution in [3.63, 3.8) is 0 Å². The molecule has 0 amide bonds. The van der Waals surface area contributed by atoms with Gasteiger partial charge in [-0.25, -0.2) is 4.99 Å². The third kappa shape index (κ3) is 3.52. The van der Waals surface area contributed by atoms with Crippen molar-refractivity contribution >= 4 is 17.7 Å². The molecule has 0 aliphatic carbocycles. The van der Waals surface area contributed by atoms with Crippen molar-refractivity contribution in [2.45, 2.75) is 21.9 Å². The summed E-state index contributed by atoms with van der Waals surface area (Å²) in [5.74, 6) is 0.594. The Balaban J connectivity index is 1.64. The van der Waals surface area contributed by atoms with Gasteiger partial charge in [0.25, 0.3) is 0 Å². The average molecular weight is 361 g/mol. The molecule has 4 rings (SSSR count). The van der Waals surface area contributed by atoms with E-state index in [0.717, 1.165) is 20.9 Å². The molecule has 0 bridgehead atoms. The van der Waals surface area contributed by atoms with Gasteiger partial charge in [0.1, 0.15) is 6.04 Å². The van der Waals surface area contributed by atoms with Crippen LogP contribution in [0, 0.1) is 0 Å². The molecule has 0 saturated carbocycles. The molecule has 1 aliphatic rings. The lowest BCUT2D eigenvalue weighted by molar-refractivity contribution is 0.151. The van der Waals surface area contributed by atoms with Crippen molar-refractivity contribution in [1.82, 2.24) is 0 Å². The van der Waals surface area contributed by atoms with Crippen LogP contribution in [0.5, 0.6) is 0 Å². The summed E-state index contributed by atoms with van der Waals surface area (Å²) >= 11 is 1.68. The van der Waals surface area contributed by atoms with Crippen LogP contribution in [0.25, 0.3) is 0 Å². The van der Waals surface area contributed by atoms with Crippen LogP contribution in [0.4, 0.5) is 0 Å². The Hall–Kier alpha value is -2.56. The monoisotopic (exact) mass is 361 g/mol. The first kappa shape index (κ1) is 16.9. The van der Waals surface area contributed by atoms with E-state index in [0.29, 0.717) is 5.90 Å². The second-order valence-corrected chi connectivity index (χ2v) is 7.16. The van der Waals surface area contributed by atoms with Gasteiger partial charge in [0.15, 0.2) is 6.10 Å². The minimum absolute atomic E-state index is 0.0446. The summed E-state index contributed by atoms with van der Waals surface area (Å²) in [6.45, 7) is -0.0446. The number of benzene rings is 3. The molecule has 1 aliphatic heterocycles. The Morgan fingerprint density at radius 1 is 0.846 bits per heavy atom. The quantitative estimate of drug-likeness (QED) is 0.715. The third-order valence-corrected chi connectivity index (χ3v) is 5.36. The molecule has 3 aromatic carbocycles. The second-order valence-electron chi connectivity index (χ2n) is 6.04. The van der Waals surface area contributed by atoms with Crippen LogP contribution in [0.1, 0.15) is 17.2 Å². The van der Waals surface area contributed by atoms with Gasteiger partial charge in [-0.3, -0.25) is 0 Å². The molecule has 4 heteroatoms. The standard InChI is InChI=1S/C22H19NO2S/c24-15-19-21(16-9-3-1-4-10-16)25-22(23-19)18-13-7-8-14-20(18)26-17-11-5-2-6-12-17/h1-14,19,21,24H,15H2/t19-,21-/m0/s1. The molecule has 0 unspecified atom stereocenters. The molecule has 1 N–H and O–H groups in total. The number of hydrogen-bond donors (Lipinski definition) is 1. The molecule has 0 radical (unpaired) electrons. The lowest BCUT2D eigenvalue weighted by atomic mass is 10.0. The number of ether oxygens (including phenoxy) is 1. The lowest BCUT2D eigenvalue weighted by Crippen LogP contribution is -2.17. The van der Waals surface area contributed by atoms with Crippen molar-refractivity contribution in [1.29, 1.82) is 0 Å². The van der Waals surface area contributed by atoms with Crippen LogP contribution in [0.15, 0.2) is 99.7 Å². The highest BCUT2D eigenvalue weighted by Crippen LogP contribution is 2.35. The van der Waals surface area contributed by atoms with Gasteiger partial charge in [-0.2, -0.15) is 0 Å². The number of hydrogen-bond acceptors (Lipinski definition) is 4. The van der Waals surface area contributed by atoms with E-state index in [1.807, 2.05) is 66.7 Å². The van der Waals surface area contributed by atoms with Crippen LogP contribution in [-0.4, -0.2) is 23.7 Å². The molecule has 0 saturated heterocycles. The van der Waals surface area contributed by atoms with Crippen molar-refractivity contribution < 1.29 is 9.84 Å². The van der Waals surface area contributed by atoms with E-state index in [9.17, 15) is 5.11 Å². The van der Waals surface area contributed by atoms with Gasteiger partial charge in [0.2, 0.25) is 5.90 Å². The van der Waals surface area contributed by atoms with Crippen molar-refractivity contribution in [2.24, 2.45) is 4.99 Å². The zero-order valence-corrected chi connectivity index (χ0v) is 15.0. The van der Waals surface area contributed by atoms with Crippen LogP contribution in [0.3, 0.4) is 0 Å². The highest BCUT2D eigenvalue weighted by atomic mass is 32.2. The summed E-state index contributed by atoms with van der Waals surface area (Å²) in [5, 5.41) is 9.77. The van der Waals surface area contributed by atoms with Crippen LogP contribution >= 0.6 is 11.8 Å². The molecule has 3 nitrogen and oxygen atoms in total. The molecular formula is C22H19NO2S. The lowest BCUT2D eigenvalue weighted by Gasteiger charge is -2.17. The maximum Gasteiger partial charge on any atom is 0.218 e. The van der Waals surface area contributed by atoms with Crippen LogP contribution in [0.2, 0.25) is 0 Å². The van der Waals surface area contributed by atoms with Crippen LogP contribution < -0.4 is 0 Å². The van der Waals surface area contributed by atoms with E-state index in [1.54, 1.807) is 11.8 Å².